The first-order chi connectivity index (χ1) is 12.8. The van der Waals surface area contributed by atoms with Crippen LogP contribution in [0.5, 0.6) is 0 Å². The molecule has 0 aliphatic carbocycles. The summed E-state index contributed by atoms with van der Waals surface area (Å²) in [5.74, 6) is 0.787. The summed E-state index contributed by atoms with van der Waals surface area (Å²) in [5.41, 5.74) is 2.34. The molecule has 7 heteroatoms. The number of hydrogen-bond donors (Lipinski definition) is 1. The van der Waals surface area contributed by atoms with Crippen LogP contribution in [0, 0.1) is 5.92 Å². The molecule has 0 spiro atoms. The van der Waals surface area contributed by atoms with Crippen molar-refractivity contribution in [1.29, 1.82) is 0 Å². The molecule has 27 heavy (non-hydrogen) atoms. The van der Waals surface area contributed by atoms with E-state index in [2.05, 4.69) is 29.2 Å². The number of nitrogens with one attached hydrogen (secondary N) is 1. The van der Waals surface area contributed by atoms with E-state index in [4.69, 9.17) is 0 Å². The predicted molar refractivity (Wildman–Crippen MR) is 104 cm³/mol. The Morgan fingerprint density at radius 3 is 2.59 bits per heavy atom. The molecule has 3 rings (SSSR count). The summed E-state index contributed by atoms with van der Waals surface area (Å²) in [6.45, 7) is 10.9. The molecule has 1 aliphatic heterocycles. The Kier molecular flexibility index (Phi) is 5.30. The van der Waals surface area contributed by atoms with Gasteiger partial charge in [-0.1, -0.05) is 13.8 Å². The molecular formula is C20H27N5O2. The molecule has 2 heterocycles. The second kappa shape index (κ2) is 7.50. The van der Waals surface area contributed by atoms with Crippen LogP contribution < -0.4 is 10.2 Å². The summed E-state index contributed by atoms with van der Waals surface area (Å²) in [4.78, 5) is 30.8. The maximum Gasteiger partial charge on any atom is 0.251 e. The number of nitrogens with zero attached hydrogens (tertiary/aromatic N) is 4. The van der Waals surface area contributed by atoms with E-state index in [9.17, 15) is 9.59 Å². The average Bonchev–Trinajstić information content (AvgIpc) is 3.23. The van der Waals surface area contributed by atoms with Crippen molar-refractivity contribution >= 4 is 17.5 Å². The van der Waals surface area contributed by atoms with Gasteiger partial charge in [-0.05, 0) is 43.5 Å². The van der Waals surface area contributed by atoms with E-state index in [0.717, 1.165) is 11.3 Å². The summed E-state index contributed by atoms with van der Waals surface area (Å²) >= 11 is 0. The van der Waals surface area contributed by atoms with E-state index in [1.54, 1.807) is 24.2 Å². The zero-order chi connectivity index (χ0) is 19.7. The lowest BCUT2D eigenvalue weighted by atomic mass is 9.98. The van der Waals surface area contributed by atoms with Crippen molar-refractivity contribution in [3.63, 3.8) is 0 Å². The van der Waals surface area contributed by atoms with Gasteiger partial charge < -0.3 is 10.2 Å². The molecule has 0 unspecified atom stereocenters. The number of rotatable bonds is 5. The summed E-state index contributed by atoms with van der Waals surface area (Å²) in [7, 11) is 0. The quantitative estimate of drug-likeness (QED) is 0.879. The Hall–Kier alpha value is -2.70. The number of benzene rings is 1. The molecule has 144 valence electrons. The van der Waals surface area contributed by atoms with Gasteiger partial charge in [0.05, 0.1) is 5.92 Å². The zero-order valence-electron chi connectivity index (χ0n) is 16.6. The monoisotopic (exact) mass is 369 g/mol. The molecule has 2 aromatic rings. The van der Waals surface area contributed by atoms with Crippen LogP contribution >= 0.6 is 0 Å². The van der Waals surface area contributed by atoms with Gasteiger partial charge in [-0.15, -0.1) is 0 Å². The summed E-state index contributed by atoms with van der Waals surface area (Å²) in [5, 5.41) is 7.53. The van der Waals surface area contributed by atoms with Gasteiger partial charge in [0.1, 0.15) is 6.33 Å². The van der Waals surface area contributed by atoms with Gasteiger partial charge in [-0.3, -0.25) is 14.3 Å². The first-order valence-electron chi connectivity index (χ1n) is 9.39. The first kappa shape index (κ1) is 19.1. The fourth-order valence-electron chi connectivity index (χ4n) is 3.21. The largest absolute Gasteiger partial charge is 0.352 e. The number of anilines is 1. The third kappa shape index (κ3) is 3.86. The van der Waals surface area contributed by atoms with Crippen LogP contribution in [-0.4, -0.2) is 39.7 Å². The molecule has 0 radical (unpaired) electrons. The molecule has 1 N–H and O–H groups in total. The fraction of sp³-hybridized carbons (Fsp3) is 0.500. The zero-order valence-corrected chi connectivity index (χ0v) is 16.6. The SMILES string of the molecule is CC(=O)N1C[C@@H](c2ncn(C(C)C)n2)c2cc(C(=O)NCC(C)C)ccc21. The maximum absolute atomic E-state index is 12.5. The van der Waals surface area contributed by atoms with Crippen LogP contribution in [0.1, 0.15) is 68.3 Å². The highest BCUT2D eigenvalue weighted by Gasteiger charge is 2.35. The van der Waals surface area contributed by atoms with Gasteiger partial charge in [0.25, 0.3) is 5.91 Å². The molecule has 0 saturated carbocycles. The van der Waals surface area contributed by atoms with Crippen molar-refractivity contribution in [3.8, 4) is 0 Å². The minimum absolute atomic E-state index is 0.0287. The lowest BCUT2D eigenvalue weighted by Crippen LogP contribution is -2.27. The van der Waals surface area contributed by atoms with Crippen LogP contribution in [0.3, 0.4) is 0 Å². The Labute approximate surface area is 159 Å². The second-order valence-electron chi connectivity index (χ2n) is 7.74. The standard InChI is InChI=1S/C20H27N5O2/c1-12(2)9-21-20(27)15-6-7-18-16(8-15)17(10-24(18)14(5)26)19-22-11-25(23-19)13(3)4/h6-8,11-13,17H,9-10H2,1-5H3,(H,21,27)/t17-/m1/s1. The summed E-state index contributed by atoms with van der Waals surface area (Å²) in [6.07, 6.45) is 1.72. The third-order valence-electron chi connectivity index (χ3n) is 4.74. The Morgan fingerprint density at radius 2 is 2.00 bits per heavy atom. The molecule has 0 saturated heterocycles. The van der Waals surface area contributed by atoms with Crippen LogP contribution in [0.15, 0.2) is 24.5 Å². The van der Waals surface area contributed by atoms with Crippen LogP contribution in [0.25, 0.3) is 0 Å². The van der Waals surface area contributed by atoms with Crippen LogP contribution in [0.4, 0.5) is 5.69 Å². The normalized spacial score (nSPS) is 16.1. The Bertz CT molecular complexity index is 856. The molecule has 1 aromatic heterocycles. The lowest BCUT2D eigenvalue weighted by Gasteiger charge is -2.15. The van der Waals surface area contributed by atoms with Gasteiger partial charge in [-0.25, -0.2) is 4.98 Å². The minimum atomic E-state index is -0.137. The molecule has 1 aromatic carbocycles. The number of aromatic nitrogens is 3. The number of carbonyl (C=O) groups is 2. The van der Waals surface area contributed by atoms with E-state index in [1.807, 2.05) is 30.7 Å². The summed E-state index contributed by atoms with van der Waals surface area (Å²) < 4.78 is 1.81. The smallest absolute Gasteiger partial charge is 0.251 e. The van der Waals surface area contributed by atoms with Crippen LogP contribution in [-0.2, 0) is 4.79 Å². The molecule has 0 fully saturated rings. The predicted octanol–water partition coefficient (Wildman–Crippen LogP) is 2.74. The highest BCUT2D eigenvalue weighted by molar-refractivity contribution is 5.98. The van der Waals surface area contributed by atoms with Crippen LogP contribution in [0.2, 0.25) is 0 Å². The Balaban J connectivity index is 1.96. The van der Waals surface area contributed by atoms with E-state index in [1.165, 1.54) is 0 Å². The molecule has 1 aliphatic rings. The first-order valence-corrected chi connectivity index (χ1v) is 9.39. The van der Waals surface area contributed by atoms with Crippen molar-refractivity contribution in [1.82, 2.24) is 20.1 Å². The van der Waals surface area contributed by atoms with E-state index in [-0.39, 0.29) is 23.8 Å². The molecule has 1 atom stereocenters. The van der Waals surface area contributed by atoms with E-state index < -0.39 is 0 Å². The van der Waals surface area contributed by atoms with E-state index >= 15 is 0 Å². The number of fused-ring (bicyclic) bond motifs is 1. The van der Waals surface area contributed by atoms with Crippen molar-refractivity contribution in [2.75, 3.05) is 18.0 Å². The topological polar surface area (TPSA) is 80.1 Å². The maximum atomic E-state index is 12.5. The molecule has 7 nitrogen and oxygen atoms in total. The highest BCUT2D eigenvalue weighted by atomic mass is 16.2. The number of carbonyl (C=O) groups excluding carboxylic acids is 2. The van der Waals surface area contributed by atoms with Crippen molar-refractivity contribution in [2.45, 2.75) is 46.6 Å². The van der Waals surface area contributed by atoms with Gasteiger partial charge in [0.15, 0.2) is 5.82 Å². The second-order valence-corrected chi connectivity index (χ2v) is 7.74. The molecule has 0 bridgehead atoms. The summed E-state index contributed by atoms with van der Waals surface area (Å²) in [6, 6.07) is 5.70. The number of amides is 2. The fourth-order valence-corrected chi connectivity index (χ4v) is 3.21. The van der Waals surface area contributed by atoms with Crippen molar-refractivity contribution in [2.24, 2.45) is 5.92 Å². The molecular weight excluding hydrogens is 342 g/mol. The Morgan fingerprint density at radius 1 is 1.26 bits per heavy atom. The minimum Gasteiger partial charge on any atom is -0.352 e. The van der Waals surface area contributed by atoms with Gasteiger partial charge in [-0.2, -0.15) is 5.10 Å². The van der Waals surface area contributed by atoms with Crippen molar-refractivity contribution in [3.05, 3.63) is 41.5 Å². The lowest BCUT2D eigenvalue weighted by molar-refractivity contribution is -0.116. The third-order valence-corrected chi connectivity index (χ3v) is 4.74. The highest BCUT2D eigenvalue weighted by Crippen LogP contribution is 2.39. The molecule has 2 amide bonds. The van der Waals surface area contributed by atoms with Crippen molar-refractivity contribution < 1.29 is 9.59 Å². The average molecular weight is 369 g/mol. The number of hydrogen-bond acceptors (Lipinski definition) is 4. The van der Waals surface area contributed by atoms with Gasteiger partial charge in [0.2, 0.25) is 5.91 Å². The van der Waals surface area contributed by atoms with Gasteiger partial charge >= 0.3 is 0 Å². The van der Waals surface area contributed by atoms with Gasteiger partial charge in [0, 0.05) is 37.3 Å². The van der Waals surface area contributed by atoms with E-state index in [0.29, 0.717) is 30.4 Å².